The quantitative estimate of drug-likeness (QED) is 0.785. The number of ether oxygens (including phenoxy) is 1. The molecule has 0 aromatic heterocycles. The topological polar surface area (TPSA) is 89.5 Å². The lowest BCUT2D eigenvalue weighted by atomic mass is 10.2. The van der Waals surface area contributed by atoms with Gasteiger partial charge in [-0.05, 0) is 55.8 Å². The van der Waals surface area contributed by atoms with Gasteiger partial charge in [-0.2, -0.15) is 0 Å². The van der Waals surface area contributed by atoms with Crippen LogP contribution in [0, 0.1) is 6.92 Å². The maximum absolute atomic E-state index is 12.2. The second-order valence-electron chi connectivity index (χ2n) is 5.79. The predicted octanol–water partition coefficient (Wildman–Crippen LogP) is 3.24. The highest BCUT2D eigenvalue weighted by Crippen LogP contribution is 2.20. The highest BCUT2D eigenvalue weighted by molar-refractivity contribution is 7.90. The maximum Gasteiger partial charge on any atom is 0.338 e. The smallest absolute Gasteiger partial charge is 0.338 e. The summed E-state index contributed by atoms with van der Waals surface area (Å²) in [6.07, 6.45) is 0.0281. The van der Waals surface area contributed by atoms with Gasteiger partial charge in [0.2, 0.25) is 0 Å². The first kappa shape index (κ1) is 19.9. The third kappa shape index (κ3) is 5.06. The van der Waals surface area contributed by atoms with Gasteiger partial charge < -0.3 is 10.1 Å². The van der Waals surface area contributed by atoms with E-state index in [1.807, 2.05) is 6.92 Å². The van der Waals surface area contributed by atoms with Gasteiger partial charge in [-0.3, -0.25) is 4.79 Å². The van der Waals surface area contributed by atoms with Crippen molar-refractivity contribution in [3.05, 3.63) is 58.6 Å². The molecule has 6 nitrogen and oxygen atoms in total. The van der Waals surface area contributed by atoms with Crippen molar-refractivity contribution in [2.45, 2.75) is 24.8 Å². The summed E-state index contributed by atoms with van der Waals surface area (Å²) in [6, 6.07) is 10.4. The molecule has 8 heteroatoms. The summed E-state index contributed by atoms with van der Waals surface area (Å²) < 4.78 is 28.0. The lowest BCUT2D eigenvalue weighted by molar-refractivity contribution is -0.123. The minimum Gasteiger partial charge on any atom is -0.449 e. The number of anilines is 1. The number of nitrogens with one attached hydrogen (secondary N) is 1. The third-order valence-corrected chi connectivity index (χ3v) is 4.99. The summed E-state index contributed by atoms with van der Waals surface area (Å²) in [5.41, 5.74) is 1.50. The number of amides is 1. The van der Waals surface area contributed by atoms with Gasteiger partial charge in [-0.25, -0.2) is 13.2 Å². The number of rotatable bonds is 5. The lowest BCUT2D eigenvalue weighted by Gasteiger charge is -2.15. The van der Waals surface area contributed by atoms with Crippen molar-refractivity contribution in [3.8, 4) is 0 Å². The fourth-order valence-corrected chi connectivity index (χ4v) is 2.89. The van der Waals surface area contributed by atoms with Crippen LogP contribution in [-0.2, 0) is 19.4 Å². The first-order valence-electron chi connectivity index (χ1n) is 7.66. The molecule has 0 aliphatic rings. The van der Waals surface area contributed by atoms with Gasteiger partial charge in [0.25, 0.3) is 5.91 Å². The van der Waals surface area contributed by atoms with Crippen LogP contribution in [0.25, 0.3) is 0 Å². The van der Waals surface area contributed by atoms with E-state index in [0.29, 0.717) is 10.7 Å². The zero-order valence-corrected chi connectivity index (χ0v) is 16.0. The van der Waals surface area contributed by atoms with E-state index in [1.54, 1.807) is 18.2 Å². The Kier molecular flexibility index (Phi) is 6.05. The van der Waals surface area contributed by atoms with Crippen LogP contribution in [0.15, 0.2) is 47.4 Å². The van der Waals surface area contributed by atoms with Crippen LogP contribution in [0.5, 0.6) is 0 Å². The fraction of sp³-hybridized carbons (Fsp3) is 0.222. The minimum atomic E-state index is -3.35. The zero-order valence-electron chi connectivity index (χ0n) is 14.4. The van der Waals surface area contributed by atoms with Crippen LogP contribution in [0.2, 0.25) is 5.02 Å². The van der Waals surface area contributed by atoms with E-state index in [0.717, 1.165) is 11.8 Å². The Bertz CT molecular complexity index is 939. The van der Waals surface area contributed by atoms with E-state index in [4.69, 9.17) is 16.3 Å². The molecule has 0 saturated carbocycles. The largest absolute Gasteiger partial charge is 0.449 e. The van der Waals surface area contributed by atoms with E-state index in [9.17, 15) is 18.0 Å². The Hall–Kier alpha value is -2.38. The molecule has 2 aromatic rings. The first-order chi connectivity index (χ1) is 12.1. The average Bonchev–Trinajstić information content (AvgIpc) is 2.57. The molecule has 0 fully saturated rings. The first-order valence-corrected chi connectivity index (χ1v) is 9.93. The average molecular weight is 396 g/mol. The van der Waals surface area contributed by atoms with E-state index in [2.05, 4.69) is 5.32 Å². The predicted molar refractivity (Wildman–Crippen MR) is 99.2 cm³/mol. The van der Waals surface area contributed by atoms with Gasteiger partial charge >= 0.3 is 5.97 Å². The summed E-state index contributed by atoms with van der Waals surface area (Å²) in [5, 5.41) is 3.13. The summed E-state index contributed by atoms with van der Waals surface area (Å²) in [7, 11) is -3.35. The summed E-state index contributed by atoms with van der Waals surface area (Å²) in [5.74, 6) is -1.23. The molecule has 0 saturated heterocycles. The SMILES string of the molecule is Cc1ccc(Cl)cc1NC(=O)C(C)OC(=O)c1ccc(S(C)(=O)=O)cc1. The molecule has 1 unspecified atom stereocenters. The Labute approximate surface area is 157 Å². The van der Waals surface area contributed by atoms with Crippen LogP contribution in [0.4, 0.5) is 5.69 Å². The van der Waals surface area contributed by atoms with E-state index < -0.39 is 27.8 Å². The number of halogens is 1. The van der Waals surface area contributed by atoms with Gasteiger partial charge in [-0.15, -0.1) is 0 Å². The van der Waals surface area contributed by atoms with E-state index in [-0.39, 0.29) is 10.5 Å². The second kappa shape index (κ2) is 7.88. The van der Waals surface area contributed by atoms with Gasteiger partial charge in [0.15, 0.2) is 15.9 Å². The molecule has 1 N–H and O–H groups in total. The van der Waals surface area contributed by atoms with Crippen molar-refractivity contribution < 1.29 is 22.7 Å². The number of carbonyl (C=O) groups excluding carboxylic acids is 2. The summed E-state index contributed by atoms with van der Waals surface area (Å²) >= 11 is 5.91. The van der Waals surface area contributed by atoms with Gasteiger partial charge in [-0.1, -0.05) is 17.7 Å². The number of sulfone groups is 1. The monoisotopic (exact) mass is 395 g/mol. The minimum absolute atomic E-state index is 0.0938. The molecule has 2 aromatic carbocycles. The summed E-state index contributed by atoms with van der Waals surface area (Å²) in [6.45, 7) is 3.25. The fourth-order valence-electron chi connectivity index (χ4n) is 2.08. The Morgan fingerprint density at radius 2 is 1.73 bits per heavy atom. The van der Waals surface area contributed by atoms with Crippen molar-refractivity contribution in [1.82, 2.24) is 0 Å². The molecule has 0 aliphatic heterocycles. The highest BCUT2D eigenvalue weighted by atomic mass is 35.5. The van der Waals surface area contributed by atoms with Crippen LogP contribution in [-0.4, -0.2) is 32.7 Å². The number of esters is 1. The molecule has 0 bridgehead atoms. The third-order valence-electron chi connectivity index (χ3n) is 3.63. The maximum atomic E-state index is 12.2. The number of carbonyl (C=O) groups is 2. The molecular formula is C18H18ClNO5S. The molecule has 138 valence electrons. The van der Waals surface area contributed by atoms with Gasteiger partial charge in [0, 0.05) is 17.0 Å². The molecule has 0 radical (unpaired) electrons. The van der Waals surface area contributed by atoms with Crippen molar-refractivity contribution in [3.63, 3.8) is 0 Å². The van der Waals surface area contributed by atoms with Crippen molar-refractivity contribution in [1.29, 1.82) is 0 Å². The summed E-state index contributed by atoms with van der Waals surface area (Å²) in [4.78, 5) is 24.4. The molecule has 0 heterocycles. The van der Waals surface area contributed by atoms with E-state index >= 15 is 0 Å². The molecule has 1 amide bonds. The molecule has 0 aliphatic carbocycles. The molecule has 26 heavy (non-hydrogen) atoms. The van der Waals surface area contributed by atoms with Crippen LogP contribution < -0.4 is 5.32 Å². The van der Waals surface area contributed by atoms with Crippen molar-refractivity contribution in [2.24, 2.45) is 0 Å². The van der Waals surface area contributed by atoms with Crippen molar-refractivity contribution in [2.75, 3.05) is 11.6 Å². The molecule has 0 spiro atoms. The molecular weight excluding hydrogens is 378 g/mol. The van der Waals surface area contributed by atoms with Crippen LogP contribution in [0.1, 0.15) is 22.8 Å². The number of aryl methyl sites for hydroxylation is 1. The standard InChI is InChI=1S/C18H18ClNO5S/c1-11-4-7-14(19)10-16(11)20-17(21)12(2)25-18(22)13-5-8-15(9-6-13)26(3,23)24/h4-10,12H,1-3H3,(H,20,21). The number of hydrogen-bond acceptors (Lipinski definition) is 5. The Morgan fingerprint density at radius 1 is 1.12 bits per heavy atom. The van der Waals surface area contributed by atoms with Crippen LogP contribution in [0.3, 0.4) is 0 Å². The van der Waals surface area contributed by atoms with Gasteiger partial charge in [0.1, 0.15) is 0 Å². The Balaban J connectivity index is 2.04. The van der Waals surface area contributed by atoms with Crippen molar-refractivity contribution >= 4 is 39.0 Å². The highest BCUT2D eigenvalue weighted by Gasteiger charge is 2.20. The van der Waals surface area contributed by atoms with Crippen LogP contribution >= 0.6 is 11.6 Å². The number of benzene rings is 2. The molecule has 2 rings (SSSR count). The van der Waals surface area contributed by atoms with Gasteiger partial charge in [0.05, 0.1) is 10.5 Å². The second-order valence-corrected chi connectivity index (χ2v) is 8.24. The number of hydrogen-bond donors (Lipinski definition) is 1. The zero-order chi connectivity index (χ0) is 19.5. The lowest BCUT2D eigenvalue weighted by Crippen LogP contribution is -2.30. The van der Waals surface area contributed by atoms with E-state index in [1.165, 1.54) is 31.2 Å². The normalized spacial score (nSPS) is 12.3. The molecule has 1 atom stereocenters. The Morgan fingerprint density at radius 3 is 2.31 bits per heavy atom.